The lowest BCUT2D eigenvalue weighted by atomic mass is 10.1. The Morgan fingerprint density at radius 1 is 1.35 bits per heavy atom. The van der Waals surface area contributed by atoms with Gasteiger partial charge in [-0.05, 0) is 51.6 Å². The molecule has 0 radical (unpaired) electrons. The average molecular weight is 236 g/mol. The molecular formula is C14H24N2O. The molecule has 3 heteroatoms. The van der Waals surface area contributed by atoms with Crippen LogP contribution in [0, 0.1) is 0 Å². The second-order valence-electron chi connectivity index (χ2n) is 4.83. The Kier molecular flexibility index (Phi) is 6.01. The first-order valence-corrected chi connectivity index (χ1v) is 6.20. The number of nitrogens with two attached hydrogens (primary N) is 1. The van der Waals surface area contributed by atoms with E-state index in [0.717, 1.165) is 31.7 Å². The molecule has 0 aliphatic heterocycles. The van der Waals surface area contributed by atoms with E-state index in [1.165, 1.54) is 5.56 Å². The molecule has 0 aromatic heterocycles. The highest BCUT2D eigenvalue weighted by Gasteiger charge is 2.00. The molecular weight excluding hydrogens is 212 g/mol. The smallest absolute Gasteiger partial charge is 0.119 e. The Labute approximate surface area is 105 Å². The average Bonchev–Trinajstić information content (AvgIpc) is 2.24. The molecule has 0 amide bonds. The van der Waals surface area contributed by atoms with Crippen LogP contribution in [0.5, 0.6) is 5.75 Å². The second kappa shape index (κ2) is 7.30. The molecule has 0 spiro atoms. The molecule has 1 aromatic rings. The summed E-state index contributed by atoms with van der Waals surface area (Å²) in [4.78, 5) is 2.16. The van der Waals surface area contributed by atoms with Crippen molar-refractivity contribution in [1.82, 2.24) is 4.90 Å². The van der Waals surface area contributed by atoms with Crippen LogP contribution in [0.4, 0.5) is 0 Å². The first kappa shape index (κ1) is 14.0. The minimum atomic E-state index is 0.194. The van der Waals surface area contributed by atoms with E-state index in [1.54, 1.807) is 0 Å². The fourth-order valence-electron chi connectivity index (χ4n) is 1.70. The Morgan fingerprint density at radius 3 is 2.76 bits per heavy atom. The number of rotatable bonds is 7. The zero-order valence-electron chi connectivity index (χ0n) is 11.1. The highest BCUT2D eigenvalue weighted by atomic mass is 16.5. The molecule has 1 atom stereocenters. The maximum absolute atomic E-state index is 5.78. The van der Waals surface area contributed by atoms with Crippen molar-refractivity contribution < 1.29 is 4.74 Å². The summed E-state index contributed by atoms with van der Waals surface area (Å²) in [5.41, 5.74) is 7.02. The molecule has 0 saturated carbocycles. The molecule has 1 aromatic carbocycles. The lowest BCUT2D eigenvalue weighted by Gasteiger charge is -2.11. The molecule has 1 rings (SSSR count). The van der Waals surface area contributed by atoms with E-state index in [2.05, 4.69) is 31.1 Å². The summed E-state index contributed by atoms with van der Waals surface area (Å²) < 4.78 is 5.71. The number of nitrogens with zero attached hydrogens (tertiary/aromatic N) is 1. The third-order valence-corrected chi connectivity index (χ3v) is 2.47. The van der Waals surface area contributed by atoms with Crippen molar-refractivity contribution in [2.45, 2.75) is 25.8 Å². The van der Waals surface area contributed by atoms with E-state index < -0.39 is 0 Å². The molecule has 2 N–H and O–H groups in total. The Balaban J connectivity index is 2.37. The zero-order chi connectivity index (χ0) is 12.7. The molecule has 0 heterocycles. The van der Waals surface area contributed by atoms with Gasteiger partial charge >= 0.3 is 0 Å². The summed E-state index contributed by atoms with van der Waals surface area (Å²) in [5.74, 6) is 0.946. The van der Waals surface area contributed by atoms with Gasteiger partial charge in [0.2, 0.25) is 0 Å². The zero-order valence-corrected chi connectivity index (χ0v) is 11.1. The number of hydrogen-bond donors (Lipinski definition) is 1. The molecule has 0 aliphatic rings. The largest absolute Gasteiger partial charge is 0.494 e. The lowest BCUT2D eigenvalue weighted by Crippen LogP contribution is -2.17. The van der Waals surface area contributed by atoms with Crippen molar-refractivity contribution >= 4 is 0 Å². The topological polar surface area (TPSA) is 38.5 Å². The molecule has 96 valence electrons. The predicted molar refractivity (Wildman–Crippen MR) is 72.5 cm³/mol. The fourth-order valence-corrected chi connectivity index (χ4v) is 1.70. The fraction of sp³-hybridized carbons (Fsp3) is 0.571. The van der Waals surface area contributed by atoms with E-state index in [9.17, 15) is 0 Å². The maximum atomic E-state index is 5.78. The van der Waals surface area contributed by atoms with Crippen molar-refractivity contribution in [3.63, 3.8) is 0 Å². The van der Waals surface area contributed by atoms with Crippen LogP contribution in [0.3, 0.4) is 0 Å². The van der Waals surface area contributed by atoms with Gasteiger partial charge < -0.3 is 15.4 Å². The summed E-state index contributed by atoms with van der Waals surface area (Å²) in [7, 11) is 4.15. The summed E-state index contributed by atoms with van der Waals surface area (Å²) in [5, 5.41) is 0. The van der Waals surface area contributed by atoms with Crippen LogP contribution in [0.1, 0.15) is 18.9 Å². The van der Waals surface area contributed by atoms with Crippen LogP contribution < -0.4 is 10.5 Å². The van der Waals surface area contributed by atoms with Crippen molar-refractivity contribution in [3.8, 4) is 5.75 Å². The van der Waals surface area contributed by atoms with Gasteiger partial charge in [-0.25, -0.2) is 0 Å². The van der Waals surface area contributed by atoms with E-state index in [1.807, 2.05) is 19.1 Å². The summed E-state index contributed by atoms with van der Waals surface area (Å²) in [6, 6.07) is 8.40. The van der Waals surface area contributed by atoms with E-state index in [-0.39, 0.29) is 6.04 Å². The monoisotopic (exact) mass is 236 g/mol. The van der Waals surface area contributed by atoms with Crippen molar-refractivity contribution in [1.29, 1.82) is 0 Å². The van der Waals surface area contributed by atoms with Crippen LogP contribution in [-0.2, 0) is 6.42 Å². The van der Waals surface area contributed by atoms with Gasteiger partial charge in [0, 0.05) is 12.6 Å². The lowest BCUT2D eigenvalue weighted by molar-refractivity contribution is 0.281. The third kappa shape index (κ3) is 6.29. The summed E-state index contributed by atoms with van der Waals surface area (Å²) >= 11 is 0. The Morgan fingerprint density at radius 2 is 2.12 bits per heavy atom. The minimum Gasteiger partial charge on any atom is -0.494 e. The van der Waals surface area contributed by atoms with Crippen molar-refractivity contribution in [2.75, 3.05) is 27.2 Å². The molecule has 17 heavy (non-hydrogen) atoms. The molecule has 0 aliphatic carbocycles. The molecule has 0 bridgehead atoms. The number of hydrogen-bond acceptors (Lipinski definition) is 3. The molecule has 0 saturated heterocycles. The van der Waals surface area contributed by atoms with Crippen LogP contribution in [0.2, 0.25) is 0 Å². The standard InChI is InChI=1S/C14H24N2O/c1-12(15)10-13-6-4-7-14(11-13)17-9-5-8-16(2)3/h4,6-7,11-12H,5,8-10,15H2,1-3H3. The van der Waals surface area contributed by atoms with Crippen LogP contribution in [0.15, 0.2) is 24.3 Å². The summed E-state index contributed by atoms with van der Waals surface area (Å²) in [6.45, 7) is 3.84. The number of ether oxygens (including phenoxy) is 1. The highest BCUT2D eigenvalue weighted by molar-refractivity contribution is 5.28. The first-order chi connectivity index (χ1) is 8.08. The Bertz CT molecular complexity index is 324. The Hall–Kier alpha value is -1.06. The van der Waals surface area contributed by atoms with Crippen molar-refractivity contribution in [2.24, 2.45) is 5.73 Å². The van der Waals surface area contributed by atoms with Crippen LogP contribution in [0.25, 0.3) is 0 Å². The van der Waals surface area contributed by atoms with Crippen molar-refractivity contribution in [3.05, 3.63) is 29.8 Å². The van der Waals surface area contributed by atoms with Gasteiger partial charge in [-0.15, -0.1) is 0 Å². The van der Waals surface area contributed by atoms with Gasteiger partial charge in [-0.3, -0.25) is 0 Å². The minimum absolute atomic E-state index is 0.194. The maximum Gasteiger partial charge on any atom is 0.119 e. The van der Waals surface area contributed by atoms with E-state index in [4.69, 9.17) is 10.5 Å². The summed E-state index contributed by atoms with van der Waals surface area (Å²) in [6.07, 6.45) is 1.94. The second-order valence-corrected chi connectivity index (χ2v) is 4.83. The van der Waals surface area contributed by atoms with Gasteiger partial charge in [0.1, 0.15) is 5.75 Å². The van der Waals surface area contributed by atoms with Gasteiger partial charge in [0.15, 0.2) is 0 Å². The molecule has 0 fully saturated rings. The first-order valence-electron chi connectivity index (χ1n) is 6.20. The van der Waals surface area contributed by atoms with Crippen LogP contribution >= 0.6 is 0 Å². The molecule has 1 unspecified atom stereocenters. The molecule has 3 nitrogen and oxygen atoms in total. The van der Waals surface area contributed by atoms with Gasteiger partial charge in [-0.1, -0.05) is 12.1 Å². The normalized spacial score (nSPS) is 12.8. The third-order valence-electron chi connectivity index (χ3n) is 2.47. The SMILES string of the molecule is CC(N)Cc1cccc(OCCCN(C)C)c1. The van der Waals surface area contributed by atoms with E-state index in [0.29, 0.717) is 0 Å². The van der Waals surface area contributed by atoms with E-state index >= 15 is 0 Å². The van der Waals surface area contributed by atoms with Gasteiger partial charge in [-0.2, -0.15) is 0 Å². The quantitative estimate of drug-likeness (QED) is 0.735. The van der Waals surface area contributed by atoms with Crippen LogP contribution in [-0.4, -0.2) is 38.2 Å². The predicted octanol–water partition coefficient (Wildman–Crippen LogP) is 1.91. The number of benzene rings is 1. The van der Waals surface area contributed by atoms with Gasteiger partial charge in [0.05, 0.1) is 6.61 Å². The van der Waals surface area contributed by atoms with Gasteiger partial charge in [0.25, 0.3) is 0 Å². The highest BCUT2D eigenvalue weighted by Crippen LogP contribution is 2.14.